The number of ether oxygens (including phenoxy) is 2. The van der Waals surface area contributed by atoms with E-state index < -0.39 is 5.97 Å². The van der Waals surface area contributed by atoms with Crippen LogP contribution in [0.5, 0.6) is 5.75 Å². The van der Waals surface area contributed by atoms with Crippen molar-refractivity contribution < 1.29 is 14.3 Å². The van der Waals surface area contributed by atoms with Crippen LogP contribution in [0.1, 0.15) is 18.1 Å². The van der Waals surface area contributed by atoms with Crippen LogP contribution >= 0.6 is 27.5 Å². The van der Waals surface area contributed by atoms with Crippen molar-refractivity contribution in [3.63, 3.8) is 0 Å². The van der Waals surface area contributed by atoms with Gasteiger partial charge in [-0.3, -0.25) is 0 Å². The van der Waals surface area contributed by atoms with E-state index in [1.54, 1.807) is 25.1 Å². The molecule has 0 amide bonds. The van der Waals surface area contributed by atoms with Crippen LogP contribution < -0.4 is 4.74 Å². The first kappa shape index (κ1) is 19.0. The van der Waals surface area contributed by atoms with E-state index in [4.69, 9.17) is 21.1 Å². The third kappa shape index (κ3) is 5.35. The van der Waals surface area contributed by atoms with Gasteiger partial charge < -0.3 is 9.47 Å². The maximum absolute atomic E-state index is 11.8. The van der Waals surface area contributed by atoms with Gasteiger partial charge in [-0.1, -0.05) is 45.7 Å². The van der Waals surface area contributed by atoms with Crippen molar-refractivity contribution in [2.75, 3.05) is 6.61 Å². The predicted octanol–water partition coefficient (Wildman–Crippen LogP) is 5.15. The summed E-state index contributed by atoms with van der Waals surface area (Å²) in [5.41, 5.74) is 1.33. The Morgan fingerprint density at radius 3 is 2.76 bits per heavy atom. The maximum atomic E-state index is 11.8. The Morgan fingerprint density at radius 2 is 2.08 bits per heavy atom. The number of hydrogen-bond donors (Lipinski definition) is 0. The second-order valence-corrected chi connectivity index (χ2v) is 6.28. The molecule has 0 unspecified atom stereocenters. The summed E-state index contributed by atoms with van der Waals surface area (Å²) >= 11 is 9.51. The van der Waals surface area contributed by atoms with Gasteiger partial charge in [0.15, 0.2) is 0 Å². The molecule has 0 saturated carbocycles. The van der Waals surface area contributed by atoms with Gasteiger partial charge in [0.1, 0.15) is 24.0 Å². The molecule has 0 bridgehead atoms. The fourth-order valence-corrected chi connectivity index (χ4v) is 2.60. The predicted molar refractivity (Wildman–Crippen MR) is 100 cm³/mol. The summed E-state index contributed by atoms with van der Waals surface area (Å²) in [6, 6.07) is 14.6. The zero-order chi connectivity index (χ0) is 18.2. The van der Waals surface area contributed by atoms with Gasteiger partial charge >= 0.3 is 5.97 Å². The van der Waals surface area contributed by atoms with E-state index in [1.165, 1.54) is 6.08 Å². The zero-order valence-electron chi connectivity index (χ0n) is 13.5. The number of halogens is 2. The van der Waals surface area contributed by atoms with Gasteiger partial charge in [0.05, 0.1) is 6.61 Å². The number of esters is 1. The molecule has 2 aromatic carbocycles. The number of benzene rings is 2. The summed E-state index contributed by atoms with van der Waals surface area (Å²) in [5.74, 6) is -0.137. The van der Waals surface area contributed by atoms with Gasteiger partial charge in [-0.05, 0) is 37.3 Å². The highest BCUT2D eigenvalue weighted by Crippen LogP contribution is 2.27. The lowest BCUT2D eigenvalue weighted by atomic mass is 10.1. The van der Waals surface area contributed by atoms with E-state index in [1.807, 2.05) is 30.3 Å². The van der Waals surface area contributed by atoms with E-state index in [9.17, 15) is 10.1 Å². The largest absolute Gasteiger partial charge is 0.488 e. The Hall–Kier alpha value is -2.29. The van der Waals surface area contributed by atoms with Crippen LogP contribution in [0, 0.1) is 11.3 Å². The summed E-state index contributed by atoms with van der Waals surface area (Å²) in [7, 11) is 0. The topological polar surface area (TPSA) is 59.3 Å². The molecular weight excluding hydrogens is 406 g/mol. The average molecular weight is 421 g/mol. The number of rotatable bonds is 6. The van der Waals surface area contributed by atoms with Gasteiger partial charge in [-0.15, -0.1) is 0 Å². The monoisotopic (exact) mass is 419 g/mol. The molecule has 0 aromatic heterocycles. The first-order valence-corrected chi connectivity index (χ1v) is 8.67. The highest BCUT2D eigenvalue weighted by atomic mass is 79.9. The highest BCUT2D eigenvalue weighted by Gasteiger charge is 2.12. The molecule has 2 rings (SSSR count). The molecule has 0 aliphatic rings. The molecule has 0 spiro atoms. The molecule has 4 nitrogen and oxygen atoms in total. The Labute approximate surface area is 159 Å². The maximum Gasteiger partial charge on any atom is 0.348 e. The van der Waals surface area contributed by atoms with E-state index in [0.717, 1.165) is 10.0 Å². The number of carbonyl (C=O) groups excluding carboxylic acids is 1. The van der Waals surface area contributed by atoms with Crippen LogP contribution in [0.4, 0.5) is 0 Å². The summed E-state index contributed by atoms with van der Waals surface area (Å²) in [6.07, 6.45) is 1.45. The summed E-state index contributed by atoms with van der Waals surface area (Å²) in [6.45, 7) is 2.15. The van der Waals surface area contributed by atoms with Gasteiger partial charge in [0, 0.05) is 20.6 Å². The fourth-order valence-electron chi connectivity index (χ4n) is 2.04. The Balaban J connectivity index is 2.29. The first-order valence-electron chi connectivity index (χ1n) is 7.49. The molecular formula is C19H15BrClNO3. The van der Waals surface area contributed by atoms with Crippen molar-refractivity contribution in [3.05, 3.63) is 68.7 Å². The summed E-state index contributed by atoms with van der Waals surface area (Å²) in [4.78, 5) is 11.8. The van der Waals surface area contributed by atoms with Crippen LogP contribution in [0.2, 0.25) is 5.02 Å². The molecule has 25 heavy (non-hydrogen) atoms. The van der Waals surface area contributed by atoms with Crippen molar-refractivity contribution in [1.29, 1.82) is 5.26 Å². The molecule has 0 aliphatic heterocycles. The Bertz CT molecular complexity index is 843. The Kier molecular flexibility index (Phi) is 7.05. The van der Waals surface area contributed by atoms with Crippen LogP contribution in [0.25, 0.3) is 6.08 Å². The fraction of sp³-hybridized carbons (Fsp3) is 0.158. The van der Waals surface area contributed by atoms with Crippen molar-refractivity contribution in [2.45, 2.75) is 13.5 Å². The van der Waals surface area contributed by atoms with E-state index in [-0.39, 0.29) is 18.8 Å². The quantitative estimate of drug-likeness (QED) is 0.368. The van der Waals surface area contributed by atoms with E-state index >= 15 is 0 Å². The van der Waals surface area contributed by atoms with E-state index in [0.29, 0.717) is 16.3 Å². The van der Waals surface area contributed by atoms with Crippen LogP contribution in [-0.2, 0) is 16.1 Å². The molecule has 0 aliphatic carbocycles. The van der Waals surface area contributed by atoms with Crippen molar-refractivity contribution in [3.8, 4) is 11.8 Å². The highest BCUT2D eigenvalue weighted by molar-refractivity contribution is 9.10. The summed E-state index contributed by atoms with van der Waals surface area (Å²) < 4.78 is 11.5. The first-order chi connectivity index (χ1) is 12.0. The lowest BCUT2D eigenvalue weighted by Crippen LogP contribution is -2.06. The molecule has 128 valence electrons. The number of nitrogens with zero attached hydrogens (tertiary/aromatic N) is 1. The molecule has 0 heterocycles. The third-order valence-corrected chi connectivity index (χ3v) is 4.09. The molecule has 6 heteroatoms. The normalized spacial score (nSPS) is 10.9. The van der Waals surface area contributed by atoms with Gasteiger partial charge in [0.2, 0.25) is 0 Å². The van der Waals surface area contributed by atoms with Crippen molar-refractivity contribution in [1.82, 2.24) is 0 Å². The molecule has 0 radical (unpaired) electrons. The second kappa shape index (κ2) is 9.26. The smallest absolute Gasteiger partial charge is 0.348 e. The van der Waals surface area contributed by atoms with Crippen molar-refractivity contribution in [2.24, 2.45) is 0 Å². The number of nitriles is 1. The molecule has 2 aromatic rings. The number of hydrogen-bond acceptors (Lipinski definition) is 4. The minimum Gasteiger partial charge on any atom is -0.488 e. The summed E-state index contributed by atoms with van der Waals surface area (Å²) in [5, 5.41) is 9.81. The SMILES string of the molecule is CCOC(=O)/C(C#N)=C/c1cc(Br)ccc1OCc1ccccc1Cl. The standard InChI is InChI=1S/C19H15BrClNO3/c1-2-24-19(23)15(11-22)9-14-10-16(20)7-8-18(14)25-12-13-5-3-4-6-17(13)21/h3-10H,2,12H2,1H3/b15-9+. The minimum atomic E-state index is -0.665. The molecule has 0 saturated heterocycles. The van der Waals surface area contributed by atoms with Gasteiger partial charge in [-0.25, -0.2) is 4.79 Å². The third-order valence-electron chi connectivity index (χ3n) is 3.23. The minimum absolute atomic E-state index is 0.0949. The second-order valence-electron chi connectivity index (χ2n) is 4.95. The van der Waals surface area contributed by atoms with Crippen LogP contribution in [0.15, 0.2) is 52.5 Å². The van der Waals surface area contributed by atoms with Gasteiger partial charge in [0.25, 0.3) is 0 Å². The van der Waals surface area contributed by atoms with Gasteiger partial charge in [-0.2, -0.15) is 5.26 Å². The average Bonchev–Trinajstić information content (AvgIpc) is 2.60. The lowest BCUT2D eigenvalue weighted by molar-refractivity contribution is -0.137. The lowest BCUT2D eigenvalue weighted by Gasteiger charge is -2.11. The Morgan fingerprint density at radius 1 is 1.32 bits per heavy atom. The number of carbonyl (C=O) groups is 1. The molecule has 0 fully saturated rings. The zero-order valence-corrected chi connectivity index (χ0v) is 15.8. The van der Waals surface area contributed by atoms with Crippen molar-refractivity contribution >= 4 is 39.6 Å². The molecule has 0 N–H and O–H groups in total. The van der Waals surface area contributed by atoms with Crippen LogP contribution in [0.3, 0.4) is 0 Å². The van der Waals surface area contributed by atoms with E-state index in [2.05, 4.69) is 15.9 Å². The molecule has 0 atom stereocenters. The van der Waals surface area contributed by atoms with Crippen LogP contribution in [-0.4, -0.2) is 12.6 Å².